The molecule has 1 amide bonds. The molecule has 1 aromatic heterocycles. The normalized spacial score (nSPS) is 19.8. The lowest BCUT2D eigenvalue weighted by Gasteiger charge is -2.25. The second-order valence-electron chi connectivity index (χ2n) is 7.12. The first-order chi connectivity index (χ1) is 12.1. The maximum atomic E-state index is 13.0. The maximum absolute atomic E-state index is 13.0. The van der Waals surface area contributed by atoms with Crippen LogP contribution >= 0.6 is 0 Å². The van der Waals surface area contributed by atoms with E-state index in [2.05, 4.69) is 30.1 Å². The van der Waals surface area contributed by atoms with Gasteiger partial charge in [0, 0.05) is 25.2 Å². The van der Waals surface area contributed by atoms with Crippen LogP contribution in [0.15, 0.2) is 48.7 Å². The van der Waals surface area contributed by atoms with Crippen molar-refractivity contribution in [2.45, 2.75) is 51.7 Å². The highest BCUT2D eigenvalue weighted by Crippen LogP contribution is 2.28. The largest absolute Gasteiger partial charge is 0.332 e. The summed E-state index contributed by atoms with van der Waals surface area (Å²) in [5.41, 5.74) is 9.45. The number of aryl methyl sites for hydroxylation is 1. The van der Waals surface area contributed by atoms with E-state index in [0.29, 0.717) is 25.4 Å². The number of nitrogens with zero attached hydrogens (tertiary/aromatic N) is 2. The molecule has 0 aliphatic heterocycles. The number of aromatic nitrogens is 1. The zero-order chi connectivity index (χ0) is 17.6. The third-order valence-electron chi connectivity index (χ3n) is 5.04. The zero-order valence-electron chi connectivity index (χ0n) is 14.9. The summed E-state index contributed by atoms with van der Waals surface area (Å²) in [6, 6.07) is 14.3. The Morgan fingerprint density at radius 3 is 2.76 bits per heavy atom. The number of rotatable bonds is 6. The number of amides is 1. The molecule has 25 heavy (non-hydrogen) atoms. The smallest absolute Gasteiger partial charge is 0.223 e. The minimum absolute atomic E-state index is 0.166. The molecule has 0 radical (unpaired) electrons. The first-order valence-corrected chi connectivity index (χ1v) is 9.10. The summed E-state index contributed by atoms with van der Waals surface area (Å²) < 4.78 is 0. The molecule has 2 aromatic rings. The SMILES string of the molecule is Cc1cccc(CN(Cc2ccccn2)C(=O)C[C@@H]2CCC[C@H]2N)c1. The van der Waals surface area contributed by atoms with Crippen LogP contribution in [-0.2, 0) is 17.9 Å². The van der Waals surface area contributed by atoms with Crippen LogP contribution in [0.4, 0.5) is 0 Å². The number of pyridine rings is 1. The average Bonchev–Trinajstić information content (AvgIpc) is 3.00. The molecule has 3 rings (SSSR count). The highest BCUT2D eigenvalue weighted by molar-refractivity contribution is 5.76. The van der Waals surface area contributed by atoms with Crippen molar-refractivity contribution >= 4 is 5.91 Å². The molecule has 2 N–H and O–H groups in total. The third kappa shape index (κ3) is 4.89. The Morgan fingerprint density at radius 1 is 1.20 bits per heavy atom. The second kappa shape index (κ2) is 8.26. The van der Waals surface area contributed by atoms with Crippen molar-refractivity contribution in [3.8, 4) is 0 Å². The molecule has 4 heteroatoms. The van der Waals surface area contributed by atoms with Gasteiger partial charge < -0.3 is 10.6 Å². The molecule has 1 fully saturated rings. The minimum Gasteiger partial charge on any atom is -0.332 e. The predicted molar refractivity (Wildman–Crippen MR) is 99.6 cm³/mol. The fourth-order valence-corrected chi connectivity index (χ4v) is 3.62. The van der Waals surface area contributed by atoms with Crippen LogP contribution < -0.4 is 5.73 Å². The van der Waals surface area contributed by atoms with Crippen molar-refractivity contribution in [3.05, 3.63) is 65.5 Å². The highest BCUT2D eigenvalue weighted by atomic mass is 16.2. The number of hydrogen-bond donors (Lipinski definition) is 1. The summed E-state index contributed by atoms with van der Waals surface area (Å²) in [5, 5.41) is 0. The maximum Gasteiger partial charge on any atom is 0.223 e. The van der Waals surface area contributed by atoms with Gasteiger partial charge in [-0.05, 0) is 43.4 Å². The summed E-state index contributed by atoms with van der Waals surface area (Å²) in [6.07, 6.45) is 5.55. The van der Waals surface area contributed by atoms with Crippen molar-refractivity contribution in [1.82, 2.24) is 9.88 Å². The van der Waals surface area contributed by atoms with Crippen LogP contribution in [0.25, 0.3) is 0 Å². The van der Waals surface area contributed by atoms with Crippen molar-refractivity contribution < 1.29 is 4.79 Å². The first kappa shape index (κ1) is 17.6. The molecule has 1 aliphatic rings. The molecule has 4 nitrogen and oxygen atoms in total. The number of hydrogen-bond acceptors (Lipinski definition) is 3. The molecule has 0 unspecified atom stereocenters. The Labute approximate surface area is 150 Å². The topological polar surface area (TPSA) is 59.2 Å². The van der Waals surface area contributed by atoms with E-state index in [4.69, 9.17) is 5.73 Å². The Morgan fingerprint density at radius 2 is 2.08 bits per heavy atom. The lowest BCUT2D eigenvalue weighted by atomic mass is 9.99. The van der Waals surface area contributed by atoms with E-state index in [9.17, 15) is 4.79 Å². The molecule has 132 valence electrons. The van der Waals surface area contributed by atoms with Crippen LogP contribution in [0.1, 0.15) is 42.5 Å². The number of carbonyl (C=O) groups excluding carboxylic acids is 1. The van der Waals surface area contributed by atoms with Crippen LogP contribution in [0.5, 0.6) is 0 Å². The van der Waals surface area contributed by atoms with E-state index in [1.807, 2.05) is 29.2 Å². The molecule has 1 aliphatic carbocycles. The minimum atomic E-state index is 0.166. The van der Waals surface area contributed by atoms with E-state index in [0.717, 1.165) is 30.5 Å². The van der Waals surface area contributed by atoms with Gasteiger partial charge in [-0.15, -0.1) is 0 Å². The Kier molecular flexibility index (Phi) is 5.82. The van der Waals surface area contributed by atoms with Gasteiger partial charge in [-0.1, -0.05) is 42.3 Å². The van der Waals surface area contributed by atoms with E-state index >= 15 is 0 Å². The summed E-state index contributed by atoms with van der Waals surface area (Å²) in [6.45, 7) is 3.22. The average molecular weight is 337 g/mol. The summed E-state index contributed by atoms with van der Waals surface area (Å²) in [5.74, 6) is 0.491. The van der Waals surface area contributed by atoms with Gasteiger partial charge in [0.05, 0.1) is 12.2 Å². The number of benzene rings is 1. The van der Waals surface area contributed by atoms with Crippen LogP contribution in [-0.4, -0.2) is 21.8 Å². The molecule has 1 heterocycles. The quantitative estimate of drug-likeness (QED) is 0.878. The van der Waals surface area contributed by atoms with Gasteiger partial charge >= 0.3 is 0 Å². The van der Waals surface area contributed by atoms with Crippen LogP contribution in [0.2, 0.25) is 0 Å². The van der Waals surface area contributed by atoms with Crippen LogP contribution in [0, 0.1) is 12.8 Å². The molecule has 0 spiro atoms. The standard InChI is InChI=1S/C21H27N3O/c1-16-6-4-7-17(12-16)14-24(15-19-9-2-3-11-23-19)21(25)13-18-8-5-10-20(18)22/h2-4,6-7,9,11-12,18,20H,5,8,10,13-15,22H2,1H3/t18-,20+/m0/s1. The van der Waals surface area contributed by atoms with Crippen molar-refractivity contribution in [2.75, 3.05) is 0 Å². The highest BCUT2D eigenvalue weighted by Gasteiger charge is 2.28. The Hall–Kier alpha value is -2.20. The number of nitrogens with two attached hydrogens (primary N) is 1. The van der Waals surface area contributed by atoms with Crippen molar-refractivity contribution in [2.24, 2.45) is 11.7 Å². The fourth-order valence-electron chi connectivity index (χ4n) is 3.62. The van der Waals surface area contributed by atoms with Gasteiger partial charge in [-0.3, -0.25) is 9.78 Å². The van der Waals surface area contributed by atoms with E-state index < -0.39 is 0 Å². The molecule has 2 atom stereocenters. The van der Waals surface area contributed by atoms with Crippen molar-refractivity contribution in [3.63, 3.8) is 0 Å². The van der Waals surface area contributed by atoms with Gasteiger partial charge in [0.15, 0.2) is 0 Å². The van der Waals surface area contributed by atoms with Gasteiger partial charge in [0.1, 0.15) is 0 Å². The predicted octanol–water partition coefficient (Wildman–Crippen LogP) is 3.44. The molecule has 1 aromatic carbocycles. The fraction of sp³-hybridized carbons (Fsp3) is 0.429. The van der Waals surface area contributed by atoms with E-state index in [1.165, 1.54) is 5.56 Å². The van der Waals surface area contributed by atoms with Crippen molar-refractivity contribution in [1.29, 1.82) is 0 Å². The molecule has 0 saturated heterocycles. The van der Waals surface area contributed by atoms with Gasteiger partial charge in [-0.2, -0.15) is 0 Å². The third-order valence-corrected chi connectivity index (χ3v) is 5.04. The van der Waals surface area contributed by atoms with Gasteiger partial charge in [-0.25, -0.2) is 0 Å². The second-order valence-corrected chi connectivity index (χ2v) is 7.12. The summed E-state index contributed by atoms with van der Waals surface area (Å²) in [7, 11) is 0. The van der Waals surface area contributed by atoms with E-state index in [1.54, 1.807) is 6.20 Å². The zero-order valence-corrected chi connectivity index (χ0v) is 14.9. The Balaban J connectivity index is 1.74. The Bertz CT molecular complexity index is 701. The molecule has 1 saturated carbocycles. The molecule has 0 bridgehead atoms. The monoisotopic (exact) mass is 337 g/mol. The molecular formula is C21H27N3O. The summed E-state index contributed by atoms with van der Waals surface area (Å²) in [4.78, 5) is 19.3. The van der Waals surface area contributed by atoms with Gasteiger partial charge in [0.25, 0.3) is 0 Å². The lowest BCUT2D eigenvalue weighted by Crippen LogP contribution is -2.35. The van der Waals surface area contributed by atoms with Gasteiger partial charge in [0.2, 0.25) is 5.91 Å². The van der Waals surface area contributed by atoms with E-state index in [-0.39, 0.29) is 11.9 Å². The van der Waals surface area contributed by atoms with Crippen LogP contribution in [0.3, 0.4) is 0 Å². The lowest BCUT2D eigenvalue weighted by molar-refractivity contribution is -0.133. The first-order valence-electron chi connectivity index (χ1n) is 9.10. The number of carbonyl (C=O) groups is 1. The molecular weight excluding hydrogens is 310 g/mol. The summed E-state index contributed by atoms with van der Waals surface area (Å²) >= 11 is 0.